The van der Waals surface area contributed by atoms with Crippen LogP contribution < -0.4 is 5.32 Å². The van der Waals surface area contributed by atoms with Gasteiger partial charge >= 0.3 is 6.03 Å². The van der Waals surface area contributed by atoms with Crippen LogP contribution in [0.3, 0.4) is 0 Å². The van der Waals surface area contributed by atoms with E-state index < -0.39 is 5.79 Å². The summed E-state index contributed by atoms with van der Waals surface area (Å²) in [5.74, 6) is -0.470. The van der Waals surface area contributed by atoms with E-state index in [9.17, 15) is 4.79 Å². The number of carbonyl (C=O) groups excluding carboxylic acids is 1. The molecule has 13 heavy (non-hydrogen) atoms. The molecule has 0 saturated carbocycles. The fraction of sp³-hybridized carbons (Fsp3) is 0.875. The van der Waals surface area contributed by atoms with E-state index in [-0.39, 0.29) is 12.1 Å². The number of hydrogen-bond donors (Lipinski definition) is 1. The molecule has 0 aromatic rings. The third-order valence-corrected chi connectivity index (χ3v) is 2.96. The van der Waals surface area contributed by atoms with Crippen LogP contribution >= 0.6 is 0 Å². The topological polar surface area (TPSA) is 50.8 Å². The SMILES string of the molecule is O=C1NCC2CC3(CN12)OCCO3. The number of hydrogen-bond acceptors (Lipinski definition) is 3. The van der Waals surface area contributed by atoms with Gasteiger partial charge in [-0.3, -0.25) is 0 Å². The van der Waals surface area contributed by atoms with Crippen molar-refractivity contribution in [3.8, 4) is 0 Å². The van der Waals surface area contributed by atoms with E-state index in [4.69, 9.17) is 9.47 Å². The molecule has 0 aromatic carbocycles. The molecule has 1 atom stereocenters. The lowest BCUT2D eigenvalue weighted by atomic mass is 10.1. The number of rotatable bonds is 0. The van der Waals surface area contributed by atoms with E-state index in [1.54, 1.807) is 0 Å². The van der Waals surface area contributed by atoms with Crippen molar-refractivity contribution in [3.05, 3.63) is 0 Å². The highest BCUT2D eigenvalue weighted by Gasteiger charge is 2.52. The molecule has 3 aliphatic rings. The zero-order valence-corrected chi connectivity index (χ0v) is 7.28. The molecule has 0 aliphatic carbocycles. The molecule has 72 valence electrons. The molecule has 1 N–H and O–H groups in total. The first kappa shape index (κ1) is 7.58. The Morgan fingerprint density at radius 1 is 1.46 bits per heavy atom. The van der Waals surface area contributed by atoms with Gasteiger partial charge in [0.25, 0.3) is 0 Å². The van der Waals surface area contributed by atoms with Crippen LogP contribution in [0.5, 0.6) is 0 Å². The lowest BCUT2D eigenvalue weighted by Gasteiger charge is -2.21. The maximum absolute atomic E-state index is 11.3. The van der Waals surface area contributed by atoms with Gasteiger partial charge in [0.05, 0.1) is 25.8 Å². The molecule has 5 heteroatoms. The molecule has 3 aliphatic heterocycles. The summed E-state index contributed by atoms with van der Waals surface area (Å²) < 4.78 is 11.1. The number of nitrogens with one attached hydrogen (secondary N) is 1. The number of ether oxygens (including phenoxy) is 2. The van der Waals surface area contributed by atoms with E-state index in [0.29, 0.717) is 19.8 Å². The summed E-state index contributed by atoms with van der Waals surface area (Å²) >= 11 is 0. The number of carbonyl (C=O) groups is 1. The summed E-state index contributed by atoms with van der Waals surface area (Å²) in [6.07, 6.45) is 0.811. The normalized spacial score (nSPS) is 35.5. The van der Waals surface area contributed by atoms with Gasteiger partial charge in [0, 0.05) is 13.0 Å². The Kier molecular flexibility index (Phi) is 1.38. The molecule has 2 amide bonds. The predicted octanol–water partition coefficient (Wildman–Crippen LogP) is -0.473. The molecule has 5 nitrogen and oxygen atoms in total. The molecule has 3 saturated heterocycles. The van der Waals surface area contributed by atoms with Crippen molar-refractivity contribution in [2.75, 3.05) is 26.3 Å². The molecule has 0 bridgehead atoms. The second-order valence-corrected chi connectivity index (χ2v) is 3.78. The summed E-state index contributed by atoms with van der Waals surface area (Å²) in [7, 11) is 0. The van der Waals surface area contributed by atoms with Crippen LogP contribution in [0.15, 0.2) is 0 Å². The van der Waals surface area contributed by atoms with Crippen LogP contribution in [-0.2, 0) is 9.47 Å². The van der Waals surface area contributed by atoms with Crippen molar-refractivity contribution in [3.63, 3.8) is 0 Å². The van der Waals surface area contributed by atoms with Gasteiger partial charge in [0.2, 0.25) is 0 Å². The molecule has 3 rings (SSSR count). The first-order valence-electron chi connectivity index (χ1n) is 4.61. The van der Waals surface area contributed by atoms with Crippen molar-refractivity contribution in [2.45, 2.75) is 18.2 Å². The van der Waals surface area contributed by atoms with Gasteiger partial charge in [-0.05, 0) is 0 Å². The molecule has 0 aromatic heterocycles. The van der Waals surface area contributed by atoms with E-state index in [0.717, 1.165) is 13.0 Å². The monoisotopic (exact) mass is 184 g/mol. The Hall–Kier alpha value is -0.810. The number of fused-ring (bicyclic) bond motifs is 1. The molecular formula is C8H12N2O3. The highest BCUT2D eigenvalue weighted by molar-refractivity contribution is 5.77. The van der Waals surface area contributed by atoms with Gasteiger partial charge in [0.15, 0.2) is 5.79 Å². The van der Waals surface area contributed by atoms with E-state index in [1.807, 2.05) is 4.90 Å². The van der Waals surface area contributed by atoms with Crippen molar-refractivity contribution in [1.29, 1.82) is 0 Å². The van der Waals surface area contributed by atoms with Crippen molar-refractivity contribution < 1.29 is 14.3 Å². The number of nitrogens with zero attached hydrogens (tertiary/aromatic N) is 1. The summed E-state index contributed by atoms with van der Waals surface area (Å²) in [4.78, 5) is 13.1. The average molecular weight is 184 g/mol. The van der Waals surface area contributed by atoms with E-state index in [2.05, 4.69) is 5.32 Å². The smallest absolute Gasteiger partial charge is 0.317 e. The van der Waals surface area contributed by atoms with Gasteiger partial charge in [-0.1, -0.05) is 0 Å². The Balaban J connectivity index is 1.81. The maximum atomic E-state index is 11.3. The Morgan fingerprint density at radius 2 is 2.23 bits per heavy atom. The second-order valence-electron chi connectivity index (χ2n) is 3.78. The average Bonchev–Trinajstić information content (AvgIpc) is 2.76. The van der Waals surface area contributed by atoms with E-state index >= 15 is 0 Å². The molecule has 1 unspecified atom stereocenters. The molecular weight excluding hydrogens is 172 g/mol. The second kappa shape index (κ2) is 2.36. The van der Waals surface area contributed by atoms with Gasteiger partial charge in [-0.25, -0.2) is 4.79 Å². The summed E-state index contributed by atoms with van der Waals surface area (Å²) in [5, 5.41) is 2.80. The summed E-state index contributed by atoms with van der Waals surface area (Å²) in [5.41, 5.74) is 0. The lowest BCUT2D eigenvalue weighted by Crippen LogP contribution is -2.38. The molecule has 0 radical (unpaired) electrons. The largest absolute Gasteiger partial charge is 0.346 e. The van der Waals surface area contributed by atoms with Crippen molar-refractivity contribution in [1.82, 2.24) is 10.2 Å². The van der Waals surface area contributed by atoms with Gasteiger partial charge in [-0.2, -0.15) is 0 Å². The standard InChI is InChI=1S/C8H12N2O3/c11-7-9-4-6-3-8(5-10(6)7)12-1-2-13-8/h6H,1-5H2,(H,9,11). The van der Waals surface area contributed by atoms with Gasteiger partial charge in [-0.15, -0.1) is 0 Å². The van der Waals surface area contributed by atoms with Crippen molar-refractivity contribution in [2.24, 2.45) is 0 Å². The van der Waals surface area contributed by atoms with Crippen LogP contribution in [0.2, 0.25) is 0 Å². The maximum Gasteiger partial charge on any atom is 0.317 e. The molecule has 1 spiro atoms. The minimum absolute atomic E-state index is 0.0148. The predicted molar refractivity (Wildman–Crippen MR) is 43.1 cm³/mol. The highest BCUT2D eigenvalue weighted by Crippen LogP contribution is 2.35. The van der Waals surface area contributed by atoms with Crippen molar-refractivity contribution >= 4 is 6.03 Å². The Morgan fingerprint density at radius 3 is 2.92 bits per heavy atom. The van der Waals surface area contributed by atoms with Crippen LogP contribution in [0.1, 0.15) is 6.42 Å². The van der Waals surface area contributed by atoms with Gasteiger partial charge in [0.1, 0.15) is 0 Å². The number of urea groups is 1. The van der Waals surface area contributed by atoms with Crippen LogP contribution in [0.25, 0.3) is 0 Å². The quantitative estimate of drug-likeness (QED) is 0.553. The number of amides is 2. The fourth-order valence-corrected chi connectivity index (χ4v) is 2.36. The first-order valence-corrected chi connectivity index (χ1v) is 4.61. The molecule has 3 heterocycles. The zero-order chi connectivity index (χ0) is 8.89. The first-order chi connectivity index (χ1) is 6.29. The minimum atomic E-state index is -0.470. The highest BCUT2D eigenvalue weighted by atomic mass is 16.7. The van der Waals surface area contributed by atoms with Crippen LogP contribution in [0, 0.1) is 0 Å². The fourth-order valence-electron chi connectivity index (χ4n) is 2.36. The molecule has 3 fully saturated rings. The van der Waals surface area contributed by atoms with E-state index in [1.165, 1.54) is 0 Å². The van der Waals surface area contributed by atoms with Crippen LogP contribution in [0.4, 0.5) is 4.79 Å². The van der Waals surface area contributed by atoms with Gasteiger partial charge < -0.3 is 19.7 Å². The third kappa shape index (κ3) is 0.971. The van der Waals surface area contributed by atoms with Crippen LogP contribution in [-0.4, -0.2) is 49.1 Å². The lowest BCUT2D eigenvalue weighted by molar-refractivity contribution is -0.144. The Bertz CT molecular complexity index is 250. The minimum Gasteiger partial charge on any atom is -0.346 e. The Labute approximate surface area is 76.0 Å². The summed E-state index contributed by atoms with van der Waals surface area (Å²) in [6.45, 7) is 2.63. The third-order valence-electron chi connectivity index (χ3n) is 2.96. The zero-order valence-electron chi connectivity index (χ0n) is 7.28. The summed E-state index contributed by atoms with van der Waals surface area (Å²) in [6, 6.07) is 0.284.